The highest BCUT2D eigenvalue weighted by atomic mass is 35.5. The zero-order chi connectivity index (χ0) is 13.1. The molecule has 0 radical (unpaired) electrons. The van der Waals surface area contributed by atoms with Crippen LogP contribution in [0, 0.1) is 0 Å². The highest BCUT2D eigenvalue weighted by Crippen LogP contribution is 2.16. The van der Waals surface area contributed by atoms with Gasteiger partial charge in [-0.3, -0.25) is 10.2 Å². The average Bonchev–Trinajstić information content (AvgIpc) is 2.80. The lowest BCUT2D eigenvalue weighted by Crippen LogP contribution is -2.22. The van der Waals surface area contributed by atoms with Crippen molar-refractivity contribution in [2.24, 2.45) is 0 Å². The summed E-state index contributed by atoms with van der Waals surface area (Å²) in [7, 11) is 3.64. The summed E-state index contributed by atoms with van der Waals surface area (Å²) in [4.78, 5) is 17.8. The molecule has 0 saturated carbocycles. The summed E-state index contributed by atoms with van der Waals surface area (Å²) in [5.41, 5.74) is 2.99. The molecule has 0 unspecified atom stereocenters. The van der Waals surface area contributed by atoms with Crippen LogP contribution in [0.3, 0.4) is 0 Å². The standard InChI is InChI=1S/C10H11ClN6O/c1-16(2)9-4-7(3-8(11)14-9)10(18)15-17-5-12-13-6-17/h3-6H,1-2H3,(H,15,18). The monoisotopic (exact) mass is 266 g/mol. The maximum Gasteiger partial charge on any atom is 0.270 e. The van der Waals surface area contributed by atoms with Crippen LogP contribution in [0.5, 0.6) is 0 Å². The summed E-state index contributed by atoms with van der Waals surface area (Å²) in [5.74, 6) is 0.290. The van der Waals surface area contributed by atoms with Crippen molar-refractivity contribution in [3.05, 3.63) is 35.5 Å². The zero-order valence-corrected chi connectivity index (χ0v) is 10.6. The van der Waals surface area contributed by atoms with Crippen molar-refractivity contribution in [2.75, 3.05) is 24.4 Å². The second-order valence-electron chi connectivity index (χ2n) is 3.74. The first-order chi connectivity index (χ1) is 8.56. The fourth-order valence-electron chi connectivity index (χ4n) is 1.28. The van der Waals surface area contributed by atoms with E-state index in [0.717, 1.165) is 0 Å². The van der Waals surface area contributed by atoms with Crippen LogP contribution in [0.25, 0.3) is 0 Å². The summed E-state index contributed by atoms with van der Waals surface area (Å²) in [6.45, 7) is 0. The summed E-state index contributed by atoms with van der Waals surface area (Å²) >= 11 is 5.87. The Kier molecular flexibility index (Phi) is 3.42. The van der Waals surface area contributed by atoms with E-state index < -0.39 is 0 Å². The van der Waals surface area contributed by atoms with Gasteiger partial charge in [0.1, 0.15) is 23.6 Å². The van der Waals surface area contributed by atoms with Crippen molar-refractivity contribution >= 4 is 23.3 Å². The van der Waals surface area contributed by atoms with E-state index in [1.54, 1.807) is 11.0 Å². The third-order valence-corrected chi connectivity index (χ3v) is 2.34. The van der Waals surface area contributed by atoms with Crippen LogP contribution >= 0.6 is 11.6 Å². The van der Waals surface area contributed by atoms with E-state index in [4.69, 9.17) is 11.6 Å². The lowest BCUT2D eigenvalue weighted by atomic mass is 10.2. The predicted octanol–water partition coefficient (Wildman–Crippen LogP) is 0.776. The minimum absolute atomic E-state index is 0.259. The Balaban J connectivity index is 2.24. The minimum Gasteiger partial charge on any atom is -0.363 e. The summed E-state index contributed by atoms with van der Waals surface area (Å²) in [6, 6.07) is 3.14. The van der Waals surface area contributed by atoms with E-state index in [-0.39, 0.29) is 11.1 Å². The molecule has 7 nitrogen and oxygen atoms in total. The first kappa shape index (κ1) is 12.3. The number of rotatable bonds is 3. The van der Waals surface area contributed by atoms with Crippen molar-refractivity contribution in [3.63, 3.8) is 0 Å². The van der Waals surface area contributed by atoms with Crippen LogP contribution in [0.15, 0.2) is 24.8 Å². The van der Waals surface area contributed by atoms with E-state index in [0.29, 0.717) is 11.4 Å². The van der Waals surface area contributed by atoms with Crippen molar-refractivity contribution in [1.29, 1.82) is 0 Å². The van der Waals surface area contributed by atoms with Gasteiger partial charge in [0.2, 0.25) is 0 Å². The molecule has 0 atom stereocenters. The summed E-state index contributed by atoms with van der Waals surface area (Å²) in [6.07, 6.45) is 2.76. The number of pyridine rings is 1. The van der Waals surface area contributed by atoms with Crippen LogP contribution < -0.4 is 10.3 Å². The molecule has 8 heteroatoms. The van der Waals surface area contributed by atoms with Crippen molar-refractivity contribution in [1.82, 2.24) is 19.9 Å². The first-order valence-electron chi connectivity index (χ1n) is 5.07. The third kappa shape index (κ3) is 2.75. The lowest BCUT2D eigenvalue weighted by molar-refractivity contribution is 0.101. The molecule has 2 aromatic heterocycles. The number of nitrogens with one attached hydrogen (secondary N) is 1. The molecule has 1 N–H and O–H groups in total. The van der Waals surface area contributed by atoms with Gasteiger partial charge in [-0.25, -0.2) is 9.66 Å². The average molecular weight is 267 g/mol. The fourth-order valence-corrected chi connectivity index (χ4v) is 1.49. The fraction of sp³-hybridized carbons (Fsp3) is 0.200. The molecule has 0 aromatic carbocycles. The Labute approximate surface area is 108 Å². The normalized spacial score (nSPS) is 10.2. The highest BCUT2D eigenvalue weighted by molar-refractivity contribution is 6.30. The molecule has 94 valence electrons. The van der Waals surface area contributed by atoms with Gasteiger partial charge in [0.25, 0.3) is 5.91 Å². The molecular formula is C10H11ClN6O. The van der Waals surface area contributed by atoms with E-state index in [9.17, 15) is 4.79 Å². The van der Waals surface area contributed by atoms with Crippen LogP contribution in [0.4, 0.5) is 5.82 Å². The molecule has 1 amide bonds. The Bertz CT molecular complexity index is 554. The number of hydrogen-bond acceptors (Lipinski definition) is 5. The maximum absolute atomic E-state index is 11.9. The zero-order valence-electron chi connectivity index (χ0n) is 9.83. The predicted molar refractivity (Wildman–Crippen MR) is 67.3 cm³/mol. The Morgan fingerprint density at radius 1 is 1.33 bits per heavy atom. The van der Waals surface area contributed by atoms with Crippen LogP contribution in [0.1, 0.15) is 10.4 Å². The molecule has 2 rings (SSSR count). The van der Waals surface area contributed by atoms with Gasteiger partial charge in [-0.2, -0.15) is 0 Å². The molecule has 0 aliphatic rings. The van der Waals surface area contributed by atoms with Gasteiger partial charge in [0.15, 0.2) is 0 Å². The van der Waals surface area contributed by atoms with Gasteiger partial charge in [-0.1, -0.05) is 11.6 Å². The molecular weight excluding hydrogens is 256 g/mol. The number of anilines is 1. The quantitative estimate of drug-likeness (QED) is 0.831. The maximum atomic E-state index is 11.9. The number of nitrogens with zero attached hydrogens (tertiary/aromatic N) is 5. The number of carbonyl (C=O) groups excluding carboxylic acids is 1. The van der Waals surface area contributed by atoms with Crippen molar-refractivity contribution < 1.29 is 4.79 Å². The smallest absolute Gasteiger partial charge is 0.270 e. The Hall–Kier alpha value is -2.15. The van der Waals surface area contributed by atoms with Gasteiger partial charge in [-0.15, -0.1) is 10.2 Å². The SMILES string of the molecule is CN(C)c1cc(C(=O)Nn2cnnc2)cc(Cl)n1. The topological polar surface area (TPSA) is 75.9 Å². The lowest BCUT2D eigenvalue weighted by Gasteiger charge is -2.13. The van der Waals surface area contributed by atoms with Gasteiger partial charge in [-0.05, 0) is 12.1 Å². The molecule has 2 heterocycles. The molecule has 2 aromatic rings. The highest BCUT2D eigenvalue weighted by Gasteiger charge is 2.10. The molecule has 0 spiro atoms. The summed E-state index contributed by atoms with van der Waals surface area (Å²) in [5, 5.41) is 7.43. The number of aromatic nitrogens is 4. The largest absolute Gasteiger partial charge is 0.363 e. The number of hydrogen-bond donors (Lipinski definition) is 1. The molecule has 0 fully saturated rings. The first-order valence-corrected chi connectivity index (χ1v) is 5.45. The van der Waals surface area contributed by atoms with E-state index in [2.05, 4.69) is 20.6 Å². The molecule has 18 heavy (non-hydrogen) atoms. The summed E-state index contributed by atoms with van der Waals surface area (Å²) < 4.78 is 1.35. The molecule has 0 aliphatic heterocycles. The van der Waals surface area contributed by atoms with Gasteiger partial charge >= 0.3 is 0 Å². The molecule has 0 bridgehead atoms. The van der Waals surface area contributed by atoms with Gasteiger partial charge in [0, 0.05) is 19.7 Å². The van der Waals surface area contributed by atoms with Crippen LogP contribution in [-0.4, -0.2) is 39.9 Å². The second kappa shape index (κ2) is 5.01. The minimum atomic E-state index is -0.317. The molecule has 0 saturated heterocycles. The van der Waals surface area contributed by atoms with Gasteiger partial charge in [0.05, 0.1) is 0 Å². The Morgan fingerprint density at radius 2 is 2.00 bits per heavy atom. The third-order valence-electron chi connectivity index (χ3n) is 2.15. The Morgan fingerprint density at radius 3 is 2.61 bits per heavy atom. The van der Waals surface area contributed by atoms with E-state index >= 15 is 0 Å². The van der Waals surface area contributed by atoms with Crippen molar-refractivity contribution in [3.8, 4) is 0 Å². The second-order valence-corrected chi connectivity index (χ2v) is 4.13. The number of halogens is 1. The number of carbonyl (C=O) groups is 1. The van der Waals surface area contributed by atoms with E-state index in [1.165, 1.54) is 23.4 Å². The van der Waals surface area contributed by atoms with E-state index in [1.807, 2.05) is 14.1 Å². The van der Waals surface area contributed by atoms with Gasteiger partial charge < -0.3 is 4.90 Å². The van der Waals surface area contributed by atoms with Crippen molar-refractivity contribution in [2.45, 2.75) is 0 Å². The van der Waals surface area contributed by atoms with Crippen LogP contribution in [0.2, 0.25) is 5.15 Å². The van der Waals surface area contributed by atoms with Crippen LogP contribution in [-0.2, 0) is 0 Å². The molecule has 0 aliphatic carbocycles. The number of amides is 1.